The number of rotatable bonds is 1. The summed E-state index contributed by atoms with van der Waals surface area (Å²) in [5, 5.41) is 3.45. The second-order valence-corrected chi connectivity index (χ2v) is 7.39. The lowest BCUT2D eigenvalue weighted by atomic mass is 9.96. The van der Waals surface area contributed by atoms with Crippen LogP contribution in [0.5, 0.6) is 0 Å². The van der Waals surface area contributed by atoms with Gasteiger partial charge in [0.2, 0.25) is 0 Å². The summed E-state index contributed by atoms with van der Waals surface area (Å²) in [6.07, 6.45) is 0. The van der Waals surface area contributed by atoms with Crippen molar-refractivity contribution in [3.05, 3.63) is 21.2 Å². The van der Waals surface area contributed by atoms with Crippen molar-refractivity contribution in [2.75, 3.05) is 0 Å². The van der Waals surface area contributed by atoms with Crippen molar-refractivity contribution in [3.8, 4) is 0 Å². The van der Waals surface area contributed by atoms with Crippen molar-refractivity contribution >= 4 is 30.1 Å². The first-order valence-electron chi connectivity index (χ1n) is 4.31. The summed E-state index contributed by atoms with van der Waals surface area (Å²) in [4.78, 5) is 0. The van der Waals surface area contributed by atoms with Crippen molar-refractivity contribution in [3.63, 3.8) is 0 Å². The van der Waals surface area contributed by atoms with Crippen LogP contribution in [0.3, 0.4) is 0 Å². The summed E-state index contributed by atoms with van der Waals surface area (Å²) in [7, 11) is -0.541. The zero-order chi connectivity index (χ0) is 10.4. The summed E-state index contributed by atoms with van der Waals surface area (Å²) in [6.45, 7) is 10.6. The van der Waals surface area contributed by atoms with Crippen molar-refractivity contribution in [2.45, 2.75) is 34.6 Å². The van der Waals surface area contributed by atoms with Gasteiger partial charge in [-0.3, -0.25) is 0 Å². The second kappa shape index (κ2) is 3.57. The Balaban J connectivity index is 2.99. The van der Waals surface area contributed by atoms with Crippen LogP contribution in [0.1, 0.15) is 34.6 Å². The van der Waals surface area contributed by atoms with E-state index < -0.39 is 7.27 Å². The van der Waals surface area contributed by atoms with Gasteiger partial charge in [0.1, 0.15) is 0 Å². The van der Waals surface area contributed by atoms with E-state index in [0.29, 0.717) is 0 Å². The fourth-order valence-electron chi connectivity index (χ4n) is 1.22. The van der Waals surface area contributed by atoms with Crippen LogP contribution < -0.4 is 0 Å². The molecular weight excluding hydrogens is 222 g/mol. The molecule has 13 heavy (non-hydrogen) atoms. The lowest BCUT2D eigenvalue weighted by Gasteiger charge is -2.12. The predicted molar refractivity (Wildman–Crippen MR) is 63.5 cm³/mol. The van der Waals surface area contributed by atoms with E-state index in [2.05, 4.69) is 20.8 Å². The van der Waals surface area contributed by atoms with Gasteiger partial charge in [-0.2, -0.15) is 0 Å². The molecule has 0 aliphatic carbocycles. The molecule has 0 nitrogen and oxygen atoms in total. The van der Waals surface area contributed by atoms with Gasteiger partial charge in [0.15, 0.2) is 0 Å². The van der Waals surface area contributed by atoms with E-state index in [1.807, 2.05) is 13.8 Å². The lowest BCUT2D eigenvalue weighted by Crippen LogP contribution is -2.00. The first-order valence-corrected chi connectivity index (χ1v) is 6.93. The molecule has 0 aromatic rings. The third kappa shape index (κ3) is 2.29. The van der Waals surface area contributed by atoms with Gasteiger partial charge in [0.05, 0.1) is 7.27 Å². The smallest absolute Gasteiger partial charge is 0.0514 e. The predicted octanol–water partition coefficient (Wildman–Crippen LogP) is 5.43. The maximum Gasteiger partial charge on any atom is 0.0514 e. The van der Waals surface area contributed by atoms with Gasteiger partial charge in [-0.05, 0) is 24.6 Å². The van der Waals surface area contributed by atoms with Gasteiger partial charge in [-0.1, -0.05) is 49.2 Å². The Morgan fingerprint density at radius 2 is 1.69 bits per heavy atom. The van der Waals surface area contributed by atoms with E-state index in [1.165, 1.54) is 10.6 Å². The Bertz CT molecular complexity index is 291. The van der Waals surface area contributed by atoms with E-state index in [9.17, 15) is 0 Å². The lowest BCUT2D eigenvalue weighted by molar-refractivity contribution is 0.538. The molecule has 74 valence electrons. The average Bonchev–Trinajstić information content (AvgIpc) is 2.58. The average molecular weight is 237 g/mol. The topological polar surface area (TPSA) is 0 Å². The molecule has 0 saturated heterocycles. The van der Waals surface area contributed by atoms with Crippen molar-refractivity contribution in [2.24, 2.45) is 5.41 Å². The van der Waals surface area contributed by atoms with Gasteiger partial charge >= 0.3 is 0 Å². The van der Waals surface area contributed by atoms with Crippen LogP contribution >= 0.6 is 30.1 Å². The van der Waals surface area contributed by atoms with E-state index in [4.69, 9.17) is 22.8 Å². The molecule has 0 aromatic carbocycles. The Labute approximate surface area is 91.5 Å². The van der Waals surface area contributed by atoms with Gasteiger partial charge in [0, 0.05) is 10.3 Å². The van der Waals surface area contributed by atoms with E-state index in [1.54, 1.807) is 0 Å². The van der Waals surface area contributed by atoms with Crippen LogP contribution in [0.25, 0.3) is 0 Å². The minimum atomic E-state index is -0.541. The first kappa shape index (κ1) is 11.6. The van der Waals surface area contributed by atoms with Crippen LogP contribution in [0.4, 0.5) is 0 Å². The van der Waals surface area contributed by atoms with Crippen molar-refractivity contribution < 1.29 is 0 Å². The highest BCUT2D eigenvalue weighted by atomic mass is 35.7. The maximum atomic E-state index is 6.21. The molecule has 0 unspecified atom stereocenters. The quantitative estimate of drug-likeness (QED) is 0.533. The highest BCUT2D eigenvalue weighted by Gasteiger charge is 2.43. The molecule has 0 bridgehead atoms. The Morgan fingerprint density at radius 3 is 1.92 bits per heavy atom. The monoisotopic (exact) mass is 236 g/mol. The van der Waals surface area contributed by atoms with Crippen LogP contribution in [0.15, 0.2) is 21.2 Å². The fourth-order valence-corrected chi connectivity index (χ4v) is 5.21. The fraction of sp³-hybridized carbons (Fsp3) is 0.600. The van der Waals surface area contributed by atoms with Crippen LogP contribution in [-0.2, 0) is 0 Å². The minimum absolute atomic E-state index is 0.179. The third-order valence-electron chi connectivity index (χ3n) is 1.92. The molecule has 1 rings (SSSR count). The summed E-state index contributed by atoms with van der Waals surface area (Å²) < 4.78 is 0. The number of hydrogen-bond acceptors (Lipinski definition) is 0. The zero-order valence-electron chi connectivity index (χ0n) is 8.70. The van der Waals surface area contributed by atoms with Crippen LogP contribution in [0, 0.1) is 5.41 Å². The van der Waals surface area contributed by atoms with Crippen LogP contribution in [0.2, 0.25) is 0 Å². The Hall–Kier alpha value is 0.490. The Kier molecular flexibility index (Phi) is 3.18. The summed E-state index contributed by atoms with van der Waals surface area (Å²) in [5.41, 5.74) is 1.34. The van der Waals surface area contributed by atoms with E-state index in [0.717, 1.165) is 10.6 Å². The molecule has 1 aliphatic heterocycles. The molecule has 0 fully saturated rings. The van der Waals surface area contributed by atoms with Gasteiger partial charge in [-0.15, -0.1) is 0 Å². The van der Waals surface area contributed by atoms with Gasteiger partial charge in [-0.25, -0.2) is 0 Å². The summed E-state index contributed by atoms with van der Waals surface area (Å²) >= 11 is 12.4. The molecule has 0 aromatic heterocycles. The standard InChI is InChI=1S/C10H15Cl2P/c1-6(2)7(11)8-9(13(8)12)10(3,4)5/h1-5H3/t13-/m0/s1. The molecule has 1 atom stereocenters. The minimum Gasteiger partial charge on any atom is -0.0861 e. The molecule has 0 spiro atoms. The zero-order valence-corrected chi connectivity index (χ0v) is 11.1. The van der Waals surface area contributed by atoms with E-state index >= 15 is 0 Å². The third-order valence-corrected chi connectivity index (χ3v) is 5.54. The van der Waals surface area contributed by atoms with Crippen LogP contribution in [-0.4, -0.2) is 0 Å². The van der Waals surface area contributed by atoms with Gasteiger partial charge < -0.3 is 0 Å². The number of hydrogen-bond donors (Lipinski definition) is 0. The summed E-state index contributed by atoms with van der Waals surface area (Å²) in [5.74, 6) is 0. The number of halogens is 2. The molecule has 3 heteroatoms. The summed E-state index contributed by atoms with van der Waals surface area (Å²) in [6, 6.07) is 0. The van der Waals surface area contributed by atoms with Gasteiger partial charge in [0.25, 0.3) is 0 Å². The molecular formula is C10H15Cl2P. The SMILES string of the molecule is CC(C)=C(Cl)C1=C(C(C)(C)C)[P@@]1Cl. The van der Waals surface area contributed by atoms with Crippen molar-refractivity contribution in [1.29, 1.82) is 0 Å². The molecule has 1 heterocycles. The second-order valence-electron chi connectivity index (χ2n) is 4.54. The molecule has 0 radical (unpaired) electrons. The number of allylic oxidation sites excluding steroid dienone is 4. The molecule has 0 saturated carbocycles. The highest BCUT2D eigenvalue weighted by molar-refractivity contribution is 7.96. The molecule has 0 amide bonds. The highest BCUT2D eigenvalue weighted by Crippen LogP contribution is 2.80. The molecule has 1 aliphatic rings. The van der Waals surface area contributed by atoms with E-state index in [-0.39, 0.29) is 5.41 Å². The molecule has 0 N–H and O–H groups in total. The maximum absolute atomic E-state index is 6.21. The largest absolute Gasteiger partial charge is 0.0861 e. The Morgan fingerprint density at radius 1 is 1.23 bits per heavy atom. The first-order chi connectivity index (χ1) is 5.76. The normalized spacial score (nSPS) is 21.9. The van der Waals surface area contributed by atoms with Crippen molar-refractivity contribution in [1.82, 2.24) is 0 Å².